The molecule has 0 bridgehead atoms. The Morgan fingerprint density at radius 3 is 1.80 bits per heavy atom. The van der Waals surface area contributed by atoms with Crippen molar-refractivity contribution in [3.63, 3.8) is 0 Å². The maximum absolute atomic E-state index is 11.8. The normalized spacial score (nSPS) is 21.6. The van der Waals surface area contributed by atoms with Crippen molar-refractivity contribution in [1.82, 2.24) is 0 Å². The molecule has 0 unspecified atom stereocenters. The number of hydrogen-bond acceptors (Lipinski definition) is 7. The van der Waals surface area contributed by atoms with Crippen LogP contribution in [0.2, 0.25) is 0 Å². The van der Waals surface area contributed by atoms with Gasteiger partial charge in [-0.15, -0.1) is 0 Å². The van der Waals surface area contributed by atoms with Crippen molar-refractivity contribution in [1.29, 1.82) is 0 Å². The summed E-state index contributed by atoms with van der Waals surface area (Å²) >= 11 is 0. The molecule has 1 saturated heterocycles. The fourth-order valence-electron chi connectivity index (χ4n) is 7.07. The van der Waals surface area contributed by atoms with Crippen LogP contribution in [0.4, 0.5) is 0 Å². The Balaban J connectivity index is 1.48. The van der Waals surface area contributed by atoms with Gasteiger partial charge in [-0.25, -0.2) is 4.79 Å². The third kappa shape index (κ3) is 18.8. The summed E-state index contributed by atoms with van der Waals surface area (Å²) in [6, 6.07) is 0. The lowest BCUT2D eigenvalue weighted by atomic mass is 9.98. The first-order valence-electron chi connectivity index (χ1n) is 19.4. The van der Waals surface area contributed by atoms with Gasteiger partial charge in [-0.2, -0.15) is 0 Å². The molecule has 268 valence electrons. The van der Waals surface area contributed by atoms with E-state index >= 15 is 0 Å². The minimum atomic E-state index is -0.520. The molecule has 2 aliphatic heterocycles. The lowest BCUT2D eigenvalue weighted by Gasteiger charge is -2.27. The van der Waals surface area contributed by atoms with Gasteiger partial charge in [0, 0.05) is 18.9 Å². The molecule has 2 rings (SSSR count). The minimum Gasteiger partial charge on any atom is -0.460 e. The average molecular weight is 651 g/mol. The standard InChI is InChI=1S/C39H70O7/c1-4-5-6-7-8-9-14-17-20-23-26-35(42)36-27-28-37(46-36)38(45-32(3)40)30-34(41)25-22-19-16-13-11-10-12-15-18-21-24-33-29-31(2)44-39(33)43/h29,31,34-38,41-42H,4-28,30H2,1-3H3/t31-,34-,35+,36+,37+,38+/m0/s1. The third-order valence-corrected chi connectivity index (χ3v) is 9.83. The van der Waals surface area contributed by atoms with E-state index in [-0.39, 0.29) is 30.3 Å². The molecule has 7 heteroatoms. The number of ether oxygens (including phenoxy) is 3. The van der Waals surface area contributed by atoms with Crippen LogP contribution in [-0.2, 0) is 23.8 Å². The number of aliphatic hydroxyl groups is 2. The molecule has 2 N–H and O–H groups in total. The van der Waals surface area contributed by atoms with Crippen LogP contribution in [0, 0.1) is 0 Å². The van der Waals surface area contributed by atoms with E-state index in [1.54, 1.807) is 0 Å². The van der Waals surface area contributed by atoms with E-state index in [1.807, 2.05) is 13.0 Å². The molecule has 0 amide bonds. The highest BCUT2D eigenvalue weighted by atomic mass is 16.6. The summed E-state index contributed by atoms with van der Waals surface area (Å²) in [4.78, 5) is 23.5. The van der Waals surface area contributed by atoms with Crippen LogP contribution < -0.4 is 0 Å². The first-order valence-corrected chi connectivity index (χ1v) is 19.4. The molecule has 0 spiro atoms. The molecule has 0 aromatic rings. The summed E-state index contributed by atoms with van der Waals surface area (Å²) < 4.78 is 17.0. The number of aliphatic hydroxyl groups excluding tert-OH is 2. The quantitative estimate of drug-likeness (QED) is 0.0614. The van der Waals surface area contributed by atoms with E-state index in [2.05, 4.69) is 6.92 Å². The molecule has 0 aromatic carbocycles. The molecule has 6 atom stereocenters. The highest BCUT2D eigenvalue weighted by molar-refractivity contribution is 5.90. The molecule has 0 radical (unpaired) electrons. The number of rotatable bonds is 29. The van der Waals surface area contributed by atoms with Gasteiger partial charge in [0.15, 0.2) is 0 Å². The average Bonchev–Trinajstić information content (AvgIpc) is 3.64. The van der Waals surface area contributed by atoms with Crippen molar-refractivity contribution < 1.29 is 34.0 Å². The SMILES string of the molecule is CCCCCCCCCCCC[C@@H](O)[C@H]1CC[C@H]([C@@H](C[C@@H](O)CCCCCCCCCCCCC2=C[C@H](C)OC2=O)OC(C)=O)O1. The topological polar surface area (TPSA) is 102 Å². The summed E-state index contributed by atoms with van der Waals surface area (Å²) in [6.45, 7) is 5.57. The lowest BCUT2D eigenvalue weighted by molar-refractivity contribution is -0.159. The van der Waals surface area contributed by atoms with E-state index in [1.165, 1.54) is 96.8 Å². The van der Waals surface area contributed by atoms with Gasteiger partial charge in [-0.05, 0) is 51.5 Å². The van der Waals surface area contributed by atoms with Gasteiger partial charge >= 0.3 is 11.9 Å². The Hall–Kier alpha value is -1.44. The van der Waals surface area contributed by atoms with Gasteiger partial charge in [0.2, 0.25) is 0 Å². The second kappa shape index (κ2) is 25.6. The Labute approximate surface area is 281 Å². The molecule has 2 heterocycles. The van der Waals surface area contributed by atoms with Gasteiger partial charge in [0.05, 0.1) is 24.4 Å². The maximum Gasteiger partial charge on any atom is 0.334 e. The molecular formula is C39H70O7. The fourth-order valence-corrected chi connectivity index (χ4v) is 7.07. The molecule has 7 nitrogen and oxygen atoms in total. The minimum absolute atomic E-state index is 0.0624. The zero-order chi connectivity index (χ0) is 33.4. The van der Waals surface area contributed by atoms with E-state index in [9.17, 15) is 19.8 Å². The first kappa shape index (κ1) is 40.7. The molecule has 46 heavy (non-hydrogen) atoms. The highest BCUT2D eigenvalue weighted by Gasteiger charge is 2.37. The number of carbonyl (C=O) groups excluding carboxylic acids is 2. The Morgan fingerprint density at radius 1 is 0.783 bits per heavy atom. The van der Waals surface area contributed by atoms with Crippen molar-refractivity contribution in [2.45, 2.75) is 224 Å². The number of hydrogen-bond donors (Lipinski definition) is 2. The van der Waals surface area contributed by atoms with Crippen molar-refractivity contribution in [3.05, 3.63) is 11.6 Å². The Kier molecular flexibility index (Phi) is 22.6. The monoisotopic (exact) mass is 651 g/mol. The number of unbranched alkanes of at least 4 members (excludes halogenated alkanes) is 18. The predicted octanol–water partition coefficient (Wildman–Crippen LogP) is 9.44. The predicted molar refractivity (Wildman–Crippen MR) is 186 cm³/mol. The van der Waals surface area contributed by atoms with Crippen LogP contribution in [0.3, 0.4) is 0 Å². The summed E-state index contributed by atoms with van der Waals surface area (Å²) in [7, 11) is 0. The van der Waals surface area contributed by atoms with Crippen molar-refractivity contribution in [2.75, 3.05) is 0 Å². The van der Waals surface area contributed by atoms with Crippen LogP contribution in [0.1, 0.15) is 188 Å². The van der Waals surface area contributed by atoms with Crippen LogP contribution in [0.25, 0.3) is 0 Å². The van der Waals surface area contributed by atoms with Crippen molar-refractivity contribution in [2.24, 2.45) is 0 Å². The number of esters is 2. The van der Waals surface area contributed by atoms with Crippen LogP contribution in [0.5, 0.6) is 0 Å². The fraction of sp³-hybridized carbons (Fsp3) is 0.897. The molecule has 0 aromatic heterocycles. The lowest BCUT2D eigenvalue weighted by Crippen LogP contribution is -2.36. The van der Waals surface area contributed by atoms with Gasteiger partial charge in [-0.3, -0.25) is 4.79 Å². The van der Waals surface area contributed by atoms with E-state index in [0.29, 0.717) is 12.8 Å². The van der Waals surface area contributed by atoms with Crippen LogP contribution in [-0.4, -0.2) is 58.8 Å². The maximum atomic E-state index is 11.8. The zero-order valence-corrected chi connectivity index (χ0v) is 29.9. The summed E-state index contributed by atoms with van der Waals surface area (Å²) in [5.74, 6) is -0.480. The highest BCUT2D eigenvalue weighted by Crippen LogP contribution is 2.30. The first-order chi connectivity index (χ1) is 22.3. The van der Waals surface area contributed by atoms with E-state index in [4.69, 9.17) is 14.2 Å². The largest absolute Gasteiger partial charge is 0.460 e. The Bertz CT molecular complexity index is 827. The van der Waals surface area contributed by atoms with Gasteiger partial charge in [-0.1, -0.05) is 129 Å². The second-order valence-corrected chi connectivity index (χ2v) is 14.2. The van der Waals surface area contributed by atoms with Crippen LogP contribution in [0.15, 0.2) is 11.6 Å². The summed E-state index contributed by atoms with van der Waals surface area (Å²) in [6.07, 6.45) is 28.6. The summed E-state index contributed by atoms with van der Waals surface area (Å²) in [5, 5.41) is 21.5. The van der Waals surface area contributed by atoms with E-state index in [0.717, 1.165) is 69.8 Å². The van der Waals surface area contributed by atoms with Crippen molar-refractivity contribution >= 4 is 11.9 Å². The zero-order valence-electron chi connectivity index (χ0n) is 29.9. The molecule has 1 fully saturated rings. The van der Waals surface area contributed by atoms with Gasteiger partial charge < -0.3 is 24.4 Å². The Morgan fingerprint density at radius 2 is 1.28 bits per heavy atom. The third-order valence-electron chi connectivity index (χ3n) is 9.83. The van der Waals surface area contributed by atoms with Crippen LogP contribution >= 0.6 is 0 Å². The van der Waals surface area contributed by atoms with Crippen molar-refractivity contribution in [3.8, 4) is 0 Å². The molecule has 0 saturated carbocycles. The van der Waals surface area contributed by atoms with E-state index < -0.39 is 18.3 Å². The second-order valence-electron chi connectivity index (χ2n) is 14.2. The number of cyclic esters (lactones) is 1. The van der Waals surface area contributed by atoms with Gasteiger partial charge in [0.1, 0.15) is 12.2 Å². The molecule has 0 aliphatic carbocycles. The van der Waals surface area contributed by atoms with Gasteiger partial charge in [0.25, 0.3) is 0 Å². The molecule has 2 aliphatic rings. The number of carbonyl (C=O) groups is 2. The smallest absolute Gasteiger partial charge is 0.334 e. The molecular weight excluding hydrogens is 580 g/mol. The summed E-state index contributed by atoms with van der Waals surface area (Å²) in [5.41, 5.74) is 0.852.